The van der Waals surface area contributed by atoms with Crippen LogP contribution >= 0.6 is 11.6 Å². The van der Waals surface area contributed by atoms with Gasteiger partial charge in [0.25, 0.3) is 10.0 Å². The summed E-state index contributed by atoms with van der Waals surface area (Å²) in [5, 5.41) is 12.5. The van der Waals surface area contributed by atoms with E-state index in [1.54, 1.807) is 55.5 Å². The third kappa shape index (κ3) is 5.37. The zero-order valence-corrected chi connectivity index (χ0v) is 24.0. The maximum atomic E-state index is 13.3. The third-order valence-electron chi connectivity index (χ3n) is 6.21. The van der Waals surface area contributed by atoms with E-state index in [0.29, 0.717) is 11.3 Å². The highest BCUT2D eigenvalue weighted by molar-refractivity contribution is 7.89. The van der Waals surface area contributed by atoms with Gasteiger partial charge in [-0.25, -0.2) is 12.7 Å². The first-order valence-electron chi connectivity index (χ1n) is 12.0. The largest absolute Gasteiger partial charge is 0.358 e. The molecule has 1 aliphatic rings. The minimum atomic E-state index is -4.28. The summed E-state index contributed by atoms with van der Waals surface area (Å²) in [5.74, 6) is -0.495. The Balaban J connectivity index is 1.55. The van der Waals surface area contributed by atoms with Crippen molar-refractivity contribution in [2.75, 3.05) is 0 Å². The standard InChI is InChI=1S/C27H24ClN5O5S2/c1-18-4-8-22(9-5-18)39(34,35)32-16-14-21(15-17-32)26-20(3)31-33(25-13-12-24(28)29-30-25)27(26)38-40(36,37)23-10-6-19(2)7-11-23/h4-17,21H,1-3H3. The first-order chi connectivity index (χ1) is 19.0. The number of sulfonamides is 1. The van der Waals surface area contributed by atoms with Crippen LogP contribution in [0, 0.1) is 20.8 Å². The van der Waals surface area contributed by atoms with Crippen LogP contribution in [-0.2, 0) is 20.1 Å². The highest BCUT2D eigenvalue weighted by Crippen LogP contribution is 2.37. The van der Waals surface area contributed by atoms with Gasteiger partial charge >= 0.3 is 10.1 Å². The SMILES string of the molecule is Cc1ccc(S(=O)(=O)Oc2c(C3C=CN(S(=O)(=O)c4ccc(C)cc4)C=C3)c(C)nn2-c2ccc(Cl)nn2)cc1. The molecule has 10 nitrogen and oxygen atoms in total. The number of aryl methyl sites for hydroxylation is 3. The molecule has 0 bridgehead atoms. The fourth-order valence-electron chi connectivity index (χ4n) is 4.07. The Kier molecular flexibility index (Phi) is 7.25. The van der Waals surface area contributed by atoms with Gasteiger partial charge in [0.2, 0.25) is 5.88 Å². The molecule has 5 rings (SSSR count). The van der Waals surface area contributed by atoms with E-state index in [-0.39, 0.29) is 26.6 Å². The molecule has 2 aromatic heterocycles. The topological polar surface area (TPSA) is 124 Å². The Morgan fingerprint density at radius 3 is 1.90 bits per heavy atom. The van der Waals surface area contributed by atoms with Crippen molar-refractivity contribution in [3.05, 3.63) is 113 Å². The van der Waals surface area contributed by atoms with Crippen molar-refractivity contribution in [1.29, 1.82) is 0 Å². The van der Waals surface area contributed by atoms with Crippen molar-refractivity contribution in [3.8, 4) is 11.7 Å². The Labute approximate surface area is 237 Å². The number of allylic oxidation sites excluding steroid dienone is 2. The van der Waals surface area contributed by atoms with Crippen LogP contribution in [0.15, 0.2) is 95.0 Å². The van der Waals surface area contributed by atoms with E-state index in [1.807, 2.05) is 13.8 Å². The number of halogens is 1. The summed E-state index contributed by atoms with van der Waals surface area (Å²) >= 11 is 5.90. The van der Waals surface area contributed by atoms with E-state index in [0.717, 1.165) is 15.4 Å². The Morgan fingerprint density at radius 1 is 0.775 bits per heavy atom. The van der Waals surface area contributed by atoms with Crippen LogP contribution in [0.4, 0.5) is 0 Å². The second-order valence-corrected chi connectivity index (χ2v) is 12.9. The van der Waals surface area contributed by atoms with Crippen molar-refractivity contribution in [2.24, 2.45) is 0 Å². The highest BCUT2D eigenvalue weighted by atomic mass is 35.5. The molecule has 0 atom stereocenters. The lowest BCUT2D eigenvalue weighted by molar-refractivity contribution is 0.460. The molecule has 0 aliphatic carbocycles. The smallest absolute Gasteiger partial charge is 0.340 e. The molecular weight excluding hydrogens is 574 g/mol. The fraction of sp³-hybridized carbons (Fsp3) is 0.148. The lowest BCUT2D eigenvalue weighted by atomic mass is 9.98. The van der Waals surface area contributed by atoms with Gasteiger partial charge in [0, 0.05) is 23.9 Å². The van der Waals surface area contributed by atoms with Crippen LogP contribution in [0.1, 0.15) is 28.3 Å². The molecule has 0 N–H and O–H groups in total. The van der Waals surface area contributed by atoms with E-state index >= 15 is 0 Å². The second kappa shape index (κ2) is 10.5. The summed E-state index contributed by atoms with van der Waals surface area (Å²) in [6.07, 6.45) is 6.08. The summed E-state index contributed by atoms with van der Waals surface area (Å²) in [5.41, 5.74) is 2.68. The van der Waals surface area contributed by atoms with Gasteiger partial charge in [0.05, 0.1) is 10.6 Å². The normalized spacial score (nSPS) is 14.1. The van der Waals surface area contributed by atoms with Gasteiger partial charge < -0.3 is 4.18 Å². The zero-order valence-electron chi connectivity index (χ0n) is 21.6. The molecule has 1 aliphatic heterocycles. The molecule has 3 heterocycles. The predicted octanol–water partition coefficient (Wildman–Crippen LogP) is 4.82. The number of rotatable bonds is 7. The minimum Gasteiger partial charge on any atom is -0.358 e. The van der Waals surface area contributed by atoms with Crippen LogP contribution in [0.5, 0.6) is 5.88 Å². The van der Waals surface area contributed by atoms with Crippen LogP contribution in [-0.4, -0.2) is 41.1 Å². The number of hydrogen-bond donors (Lipinski definition) is 0. The van der Waals surface area contributed by atoms with Crippen molar-refractivity contribution < 1.29 is 21.0 Å². The lowest BCUT2D eigenvalue weighted by Gasteiger charge is -2.22. The molecule has 0 unspecified atom stereocenters. The van der Waals surface area contributed by atoms with Crippen LogP contribution < -0.4 is 4.18 Å². The second-order valence-electron chi connectivity index (χ2n) is 9.14. The Morgan fingerprint density at radius 2 is 1.35 bits per heavy atom. The third-order valence-corrected chi connectivity index (χ3v) is 9.30. The molecular formula is C27H24ClN5O5S2. The fourth-order valence-corrected chi connectivity index (χ4v) is 6.29. The van der Waals surface area contributed by atoms with Gasteiger partial charge in [-0.3, -0.25) is 0 Å². The van der Waals surface area contributed by atoms with Crippen molar-refractivity contribution in [1.82, 2.24) is 24.3 Å². The summed E-state index contributed by atoms with van der Waals surface area (Å²) in [7, 11) is -8.11. The molecule has 0 radical (unpaired) electrons. The van der Waals surface area contributed by atoms with Crippen LogP contribution in [0.2, 0.25) is 5.15 Å². The Bertz CT molecular complexity index is 1820. The number of benzene rings is 2. The van der Waals surface area contributed by atoms with Crippen LogP contribution in [0.25, 0.3) is 5.82 Å². The highest BCUT2D eigenvalue weighted by Gasteiger charge is 2.31. The molecule has 2 aromatic carbocycles. The van der Waals surface area contributed by atoms with Gasteiger partial charge in [-0.2, -0.15) is 18.2 Å². The maximum absolute atomic E-state index is 13.3. The molecule has 0 spiro atoms. The van der Waals surface area contributed by atoms with Gasteiger partial charge in [0.1, 0.15) is 4.90 Å². The summed E-state index contributed by atoms with van der Waals surface area (Å²) in [4.78, 5) is 0.103. The molecule has 0 saturated carbocycles. The van der Waals surface area contributed by atoms with Crippen molar-refractivity contribution in [2.45, 2.75) is 36.5 Å². The van der Waals surface area contributed by atoms with E-state index in [2.05, 4.69) is 15.3 Å². The van der Waals surface area contributed by atoms with Gasteiger partial charge in [-0.1, -0.05) is 59.1 Å². The van der Waals surface area contributed by atoms with Crippen LogP contribution in [0.3, 0.4) is 0 Å². The summed E-state index contributed by atoms with van der Waals surface area (Å²) < 4.78 is 60.9. The molecule has 4 aromatic rings. The van der Waals surface area contributed by atoms with Crippen molar-refractivity contribution in [3.63, 3.8) is 0 Å². The van der Waals surface area contributed by atoms with Gasteiger partial charge in [-0.15, -0.1) is 10.2 Å². The predicted molar refractivity (Wildman–Crippen MR) is 149 cm³/mol. The molecule has 13 heteroatoms. The number of nitrogens with zero attached hydrogens (tertiary/aromatic N) is 5. The van der Waals surface area contributed by atoms with E-state index in [9.17, 15) is 16.8 Å². The molecule has 0 saturated heterocycles. The average molecular weight is 598 g/mol. The summed E-state index contributed by atoms with van der Waals surface area (Å²) in [6.45, 7) is 5.41. The number of aromatic nitrogens is 4. The molecule has 0 fully saturated rings. The molecule has 206 valence electrons. The lowest BCUT2D eigenvalue weighted by Crippen LogP contribution is -2.23. The average Bonchev–Trinajstić information content (AvgIpc) is 3.24. The monoisotopic (exact) mass is 597 g/mol. The van der Waals surface area contributed by atoms with E-state index < -0.39 is 26.1 Å². The molecule has 40 heavy (non-hydrogen) atoms. The Hall–Kier alpha value is -4.00. The van der Waals surface area contributed by atoms with E-state index in [1.165, 1.54) is 41.3 Å². The quantitative estimate of drug-likeness (QED) is 0.278. The summed E-state index contributed by atoms with van der Waals surface area (Å²) in [6, 6.07) is 15.8. The first kappa shape index (κ1) is 27.6. The molecule has 0 amide bonds. The van der Waals surface area contributed by atoms with Crippen molar-refractivity contribution >= 4 is 31.7 Å². The van der Waals surface area contributed by atoms with E-state index in [4.69, 9.17) is 15.8 Å². The minimum absolute atomic E-state index is 0.0401. The number of hydrogen-bond acceptors (Lipinski definition) is 8. The first-order valence-corrected chi connectivity index (χ1v) is 15.3. The zero-order chi connectivity index (χ0) is 28.7. The van der Waals surface area contributed by atoms with Gasteiger partial charge in [0.15, 0.2) is 11.0 Å². The van der Waals surface area contributed by atoms with Gasteiger partial charge in [-0.05, 0) is 57.2 Å². The maximum Gasteiger partial charge on any atom is 0.340 e.